The van der Waals surface area contributed by atoms with Crippen LogP contribution in [0.25, 0.3) is 0 Å². The van der Waals surface area contributed by atoms with Gasteiger partial charge < -0.3 is 5.11 Å². The van der Waals surface area contributed by atoms with Gasteiger partial charge in [0.25, 0.3) is 10.0 Å². The number of aromatic hydroxyl groups is 1. The van der Waals surface area contributed by atoms with Crippen molar-refractivity contribution in [2.24, 2.45) is 0 Å². The molecule has 0 aliphatic carbocycles. The minimum Gasteiger partial charge on any atom is -0.507 e. The lowest BCUT2D eigenvalue weighted by Gasteiger charge is -2.23. The lowest BCUT2D eigenvalue weighted by Crippen LogP contribution is -2.36. The predicted octanol–water partition coefficient (Wildman–Crippen LogP) is 2.82. The van der Waals surface area contributed by atoms with Crippen LogP contribution < -0.4 is 3.71 Å². The molecular formula is C15H16ClNO5S2. The van der Waals surface area contributed by atoms with Crippen LogP contribution in [-0.2, 0) is 20.0 Å². The van der Waals surface area contributed by atoms with E-state index in [1.807, 2.05) is 0 Å². The zero-order valence-corrected chi connectivity index (χ0v) is 15.6. The van der Waals surface area contributed by atoms with Gasteiger partial charge in [-0.05, 0) is 61.4 Å². The SMILES string of the molecule is Cc1cc(N(S(C)(=O)=O)S(=O)(=O)c2ccc(Cl)cc2)cc(C)c1O. The number of hydrogen-bond donors (Lipinski definition) is 1. The molecule has 2 aromatic rings. The summed E-state index contributed by atoms with van der Waals surface area (Å²) in [5.74, 6) is -0.0175. The third kappa shape index (κ3) is 3.50. The van der Waals surface area contributed by atoms with E-state index in [1.54, 1.807) is 13.8 Å². The first kappa shape index (κ1) is 18.6. The number of aryl methyl sites for hydroxylation is 2. The van der Waals surface area contributed by atoms with Gasteiger partial charge in [-0.2, -0.15) is 3.71 Å². The van der Waals surface area contributed by atoms with E-state index < -0.39 is 20.0 Å². The Morgan fingerprint density at radius 3 is 1.83 bits per heavy atom. The van der Waals surface area contributed by atoms with Gasteiger partial charge in [-0.1, -0.05) is 11.6 Å². The Morgan fingerprint density at radius 2 is 1.42 bits per heavy atom. The number of hydrogen-bond acceptors (Lipinski definition) is 5. The fraction of sp³-hybridized carbons (Fsp3) is 0.200. The fourth-order valence-corrected chi connectivity index (χ4v) is 5.60. The van der Waals surface area contributed by atoms with E-state index in [4.69, 9.17) is 11.6 Å². The number of halogens is 1. The molecule has 0 saturated heterocycles. The van der Waals surface area contributed by atoms with Gasteiger partial charge in [0, 0.05) is 5.02 Å². The van der Waals surface area contributed by atoms with Crippen LogP contribution in [0.4, 0.5) is 5.69 Å². The molecular weight excluding hydrogens is 374 g/mol. The Kier molecular flexibility index (Phi) is 4.85. The fourth-order valence-electron chi connectivity index (χ4n) is 2.25. The summed E-state index contributed by atoms with van der Waals surface area (Å²) in [6, 6.07) is 7.80. The largest absolute Gasteiger partial charge is 0.507 e. The standard InChI is InChI=1S/C15H16ClNO5S2/c1-10-8-13(9-11(2)15(10)18)17(23(3,19)20)24(21,22)14-6-4-12(16)5-7-14/h4-9,18H,1-3H3. The quantitative estimate of drug-likeness (QED) is 0.868. The van der Waals surface area contributed by atoms with Crippen molar-refractivity contribution in [2.45, 2.75) is 18.7 Å². The van der Waals surface area contributed by atoms with E-state index in [1.165, 1.54) is 36.4 Å². The number of sulfonamides is 2. The topological polar surface area (TPSA) is 91.8 Å². The van der Waals surface area contributed by atoms with E-state index in [0.717, 1.165) is 6.26 Å². The van der Waals surface area contributed by atoms with Gasteiger partial charge in [-0.25, -0.2) is 16.8 Å². The summed E-state index contributed by atoms with van der Waals surface area (Å²) >= 11 is 5.75. The highest BCUT2D eigenvalue weighted by Gasteiger charge is 2.33. The van der Waals surface area contributed by atoms with Gasteiger partial charge in [0.05, 0.1) is 16.8 Å². The molecule has 0 aromatic heterocycles. The molecule has 1 N–H and O–H groups in total. The van der Waals surface area contributed by atoms with Crippen LogP contribution in [0.2, 0.25) is 5.02 Å². The normalized spacial score (nSPS) is 12.2. The summed E-state index contributed by atoms with van der Waals surface area (Å²) < 4.78 is 50.4. The van der Waals surface area contributed by atoms with E-state index >= 15 is 0 Å². The monoisotopic (exact) mass is 389 g/mol. The Hall–Kier alpha value is -1.77. The zero-order chi connectivity index (χ0) is 18.3. The van der Waals surface area contributed by atoms with Gasteiger partial charge in [0.15, 0.2) is 0 Å². The average Bonchev–Trinajstić information content (AvgIpc) is 2.43. The molecule has 130 valence electrons. The Labute approximate surface area is 146 Å². The molecule has 0 saturated carbocycles. The van der Waals surface area contributed by atoms with Gasteiger partial charge in [-0.15, -0.1) is 0 Å². The first-order chi connectivity index (χ1) is 10.9. The van der Waals surface area contributed by atoms with Crippen LogP contribution in [0.15, 0.2) is 41.3 Å². The Balaban J connectivity index is 2.73. The minimum absolute atomic E-state index is 0.0175. The second-order valence-corrected chi connectivity index (χ2v) is 9.63. The molecule has 0 fully saturated rings. The summed E-state index contributed by atoms with van der Waals surface area (Å²) in [4.78, 5) is -0.208. The van der Waals surface area contributed by atoms with Crippen molar-refractivity contribution in [1.82, 2.24) is 0 Å². The number of benzene rings is 2. The first-order valence-electron chi connectivity index (χ1n) is 6.76. The Morgan fingerprint density at radius 1 is 0.958 bits per heavy atom. The Bertz CT molecular complexity index is 960. The van der Waals surface area contributed by atoms with Crippen molar-refractivity contribution in [2.75, 3.05) is 9.97 Å². The number of phenols is 1. The summed E-state index contributed by atoms with van der Waals surface area (Å²) in [6.07, 6.45) is 0.804. The lowest BCUT2D eigenvalue weighted by molar-refractivity contribution is 0.467. The van der Waals surface area contributed by atoms with Crippen molar-refractivity contribution in [3.8, 4) is 5.75 Å². The van der Waals surface area contributed by atoms with E-state index in [9.17, 15) is 21.9 Å². The van der Waals surface area contributed by atoms with Gasteiger partial charge in [-0.3, -0.25) is 0 Å². The molecule has 2 rings (SSSR count). The second-order valence-electron chi connectivity index (χ2n) is 5.35. The van der Waals surface area contributed by atoms with Crippen molar-refractivity contribution >= 4 is 37.3 Å². The van der Waals surface area contributed by atoms with Gasteiger partial charge in [0.2, 0.25) is 10.0 Å². The van der Waals surface area contributed by atoms with Crippen LogP contribution in [0.3, 0.4) is 0 Å². The number of phenolic OH excluding ortho intramolecular Hbond substituents is 1. The summed E-state index contributed by atoms with van der Waals surface area (Å²) in [7, 11) is -8.52. The minimum atomic E-state index is -4.37. The molecule has 2 aromatic carbocycles. The highest BCUT2D eigenvalue weighted by Crippen LogP contribution is 2.32. The average molecular weight is 390 g/mol. The van der Waals surface area contributed by atoms with Gasteiger partial charge >= 0.3 is 0 Å². The van der Waals surface area contributed by atoms with Crippen LogP contribution >= 0.6 is 11.6 Å². The number of anilines is 1. The van der Waals surface area contributed by atoms with Gasteiger partial charge in [0.1, 0.15) is 5.75 Å². The molecule has 0 aliphatic heterocycles. The van der Waals surface area contributed by atoms with E-state index in [0.29, 0.717) is 19.9 Å². The molecule has 0 radical (unpaired) electrons. The van der Waals surface area contributed by atoms with Crippen molar-refractivity contribution in [1.29, 1.82) is 0 Å². The van der Waals surface area contributed by atoms with E-state index in [2.05, 4.69) is 0 Å². The third-order valence-electron chi connectivity index (χ3n) is 3.32. The highest BCUT2D eigenvalue weighted by atomic mass is 35.5. The zero-order valence-electron chi connectivity index (χ0n) is 13.2. The molecule has 0 unspecified atom stereocenters. The molecule has 0 atom stereocenters. The summed E-state index contributed by atoms with van der Waals surface area (Å²) in [6.45, 7) is 3.11. The molecule has 0 amide bonds. The molecule has 0 spiro atoms. The second kappa shape index (κ2) is 6.27. The van der Waals surface area contributed by atoms with Crippen molar-refractivity contribution < 1.29 is 21.9 Å². The number of nitrogens with zero attached hydrogens (tertiary/aromatic N) is 1. The molecule has 0 aliphatic rings. The summed E-state index contributed by atoms with van der Waals surface area (Å²) in [5, 5.41) is 10.2. The number of rotatable bonds is 4. The maximum absolute atomic E-state index is 12.8. The first-order valence-corrected chi connectivity index (χ1v) is 10.4. The van der Waals surface area contributed by atoms with Crippen LogP contribution in [0.1, 0.15) is 11.1 Å². The maximum atomic E-state index is 12.8. The van der Waals surface area contributed by atoms with Crippen LogP contribution in [0.5, 0.6) is 5.75 Å². The third-order valence-corrected chi connectivity index (χ3v) is 7.30. The molecule has 9 heteroatoms. The van der Waals surface area contributed by atoms with Crippen molar-refractivity contribution in [3.05, 3.63) is 52.5 Å². The molecule has 0 bridgehead atoms. The smallest absolute Gasteiger partial charge is 0.277 e. The molecule has 24 heavy (non-hydrogen) atoms. The highest BCUT2D eigenvalue weighted by molar-refractivity contribution is 8.10. The maximum Gasteiger partial charge on any atom is 0.277 e. The predicted molar refractivity (Wildman–Crippen MR) is 93.5 cm³/mol. The summed E-state index contributed by atoms with van der Waals surface area (Å²) in [5.41, 5.74) is 0.662. The lowest BCUT2D eigenvalue weighted by atomic mass is 10.1. The van der Waals surface area contributed by atoms with E-state index in [-0.39, 0.29) is 16.3 Å². The van der Waals surface area contributed by atoms with Crippen LogP contribution in [0, 0.1) is 13.8 Å². The molecule has 0 heterocycles. The van der Waals surface area contributed by atoms with Crippen LogP contribution in [-0.4, -0.2) is 28.2 Å². The molecule has 6 nitrogen and oxygen atoms in total. The van der Waals surface area contributed by atoms with Crippen molar-refractivity contribution in [3.63, 3.8) is 0 Å².